The van der Waals surface area contributed by atoms with Gasteiger partial charge in [0.05, 0.1) is 10.6 Å². The fourth-order valence-electron chi connectivity index (χ4n) is 3.24. The molecule has 1 aliphatic heterocycles. The van der Waals surface area contributed by atoms with Crippen molar-refractivity contribution >= 4 is 15.7 Å². The monoisotopic (exact) mass is 412 g/mol. The first-order valence-corrected chi connectivity index (χ1v) is 10.6. The number of benzene rings is 1. The van der Waals surface area contributed by atoms with E-state index >= 15 is 0 Å². The highest BCUT2D eigenvalue weighted by Crippen LogP contribution is 2.38. The lowest BCUT2D eigenvalue weighted by Crippen LogP contribution is -2.34. The summed E-state index contributed by atoms with van der Waals surface area (Å²) in [6.45, 7) is 3.10. The molecule has 0 spiro atoms. The third-order valence-corrected chi connectivity index (χ3v) is 5.96. The summed E-state index contributed by atoms with van der Waals surface area (Å²) in [5.41, 5.74) is -1.50. The van der Waals surface area contributed by atoms with E-state index in [1.54, 1.807) is 11.0 Å². The van der Waals surface area contributed by atoms with Gasteiger partial charge in [0, 0.05) is 19.3 Å². The standard InChI is InChI=1S/C18H19F3N4O2S/c1-12-7-9-24(10-8-12)17-15(11-22)16(18(19,20)21)23-25(17)13-3-5-14(6-4-13)28(2,26)27/h3-6,12H,7-10H2,1-2H3. The van der Waals surface area contributed by atoms with Gasteiger partial charge in [-0.1, -0.05) is 6.92 Å². The van der Waals surface area contributed by atoms with Crippen molar-refractivity contribution in [2.45, 2.75) is 30.8 Å². The molecule has 150 valence electrons. The van der Waals surface area contributed by atoms with Crippen LogP contribution in [-0.4, -0.2) is 37.5 Å². The molecule has 0 bridgehead atoms. The van der Waals surface area contributed by atoms with Crippen LogP contribution in [0.25, 0.3) is 5.69 Å². The van der Waals surface area contributed by atoms with Crippen molar-refractivity contribution in [3.05, 3.63) is 35.5 Å². The average molecular weight is 412 g/mol. The smallest absolute Gasteiger partial charge is 0.355 e. The molecule has 1 aromatic heterocycles. The van der Waals surface area contributed by atoms with Crippen LogP contribution >= 0.6 is 0 Å². The van der Waals surface area contributed by atoms with Crippen molar-refractivity contribution in [1.82, 2.24) is 9.78 Å². The van der Waals surface area contributed by atoms with E-state index < -0.39 is 27.3 Å². The first kappa shape index (κ1) is 20.2. The lowest BCUT2D eigenvalue weighted by molar-refractivity contribution is -0.141. The van der Waals surface area contributed by atoms with E-state index in [-0.39, 0.29) is 16.4 Å². The summed E-state index contributed by atoms with van der Waals surface area (Å²) in [4.78, 5) is 1.79. The molecule has 2 heterocycles. The number of hydrogen-bond donors (Lipinski definition) is 0. The highest BCUT2D eigenvalue weighted by atomic mass is 32.2. The summed E-state index contributed by atoms with van der Waals surface area (Å²) >= 11 is 0. The Morgan fingerprint density at radius 2 is 1.75 bits per heavy atom. The first-order chi connectivity index (χ1) is 13.0. The summed E-state index contributed by atoms with van der Waals surface area (Å²) in [6.07, 6.45) is -2.14. The third kappa shape index (κ3) is 3.85. The van der Waals surface area contributed by atoms with Crippen LogP contribution in [0.1, 0.15) is 31.0 Å². The van der Waals surface area contributed by atoms with Crippen molar-refractivity contribution < 1.29 is 21.6 Å². The second-order valence-electron chi connectivity index (χ2n) is 7.00. The quantitative estimate of drug-likeness (QED) is 0.772. The molecule has 0 atom stereocenters. The zero-order valence-corrected chi connectivity index (χ0v) is 16.2. The Morgan fingerprint density at radius 3 is 2.21 bits per heavy atom. The van der Waals surface area contributed by atoms with Crippen molar-refractivity contribution in [3.8, 4) is 11.8 Å². The van der Waals surface area contributed by atoms with Crippen molar-refractivity contribution in [1.29, 1.82) is 5.26 Å². The summed E-state index contributed by atoms with van der Waals surface area (Å²) in [7, 11) is -3.44. The van der Waals surface area contributed by atoms with Crippen LogP contribution in [0.15, 0.2) is 29.2 Å². The van der Waals surface area contributed by atoms with Gasteiger partial charge >= 0.3 is 6.18 Å². The number of alkyl halides is 3. The van der Waals surface area contributed by atoms with Crippen LogP contribution in [0.3, 0.4) is 0 Å². The maximum absolute atomic E-state index is 13.5. The number of rotatable bonds is 3. The van der Waals surface area contributed by atoms with Gasteiger partial charge in [-0.15, -0.1) is 0 Å². The second kappa shape index (κ2) is 7.13. The van der Waals surface area contributed by atoms with E-state index in [9.17, 15) is 26.9 Å². The predicted octanol–water partition coefficient (Wildman–Crippen LogP) is 3.40. The Bertz CT molecular complexity index is 1010. The molecule has 1 aliphatic rings. The lowest BCUT2D eigenvalue weighted by atomic mass is 9.99. The van der Waals surface area contributed by atoms with Crippen molar-refractivity contribution in [2.75, 3.05) is 24.2 Å². The van der Waals surface area contributed by atoms with Gasteiger partial charge in [0.25, 0.3) is 0 Å². The Balaban J connectivity index is 2.17. The van der Waals surface area contributed by atoms with Crippen LogP contribution in [0.2, 0.25) is 0 Å². The summed E-state index contributed by atoms with van der Waals surface area (Å²) in [6, 6.07) is 7.07. The maximum atomic E-state index is 13.5. The Kier molecular flexibility index (Phi) is 5.14. The minimum Gasteiger partial charge on any atom is -0.355 e. The molecule has 28 heavy (non-hydrogen) atoms. The van der Waals surface area contributed by atoms with Gasteiger partial charge in [-0.25, -0.2) is 13.1 Å². The zero-order valence-electron chi connectivity index (χ0n) is 15.4. The van der Waals surface area contributed by atoms with Crippen LogP contribution < -0.4 is 4.90 Å². The summed E-state index contributed by atoms with van der Waals surface area (Å²) < 4.78 is 64.8. The number of nitriles is 1. The molecule has 0 aliphatic carbocycles. The van der Waals surface area contributed by atoms with E-state index in [0.717, 1.165) is 23.8 Å². The molecule has 0 unspecified atom stereocenters. The van der Waals surface area contributed by atoms with Gasteiger partial charge in [0.1, 0.15) is 11.6 Å². The van der Waals surface area contributed by atoms with Crippen LogP contribution in [0.4, 0.5) is 19.0 Å². The molecule has 0 N–H and O–H groups in total. The molecular weight excluding hydrogens is 393 g/mol. The Labute approximate surface area is 161 Å². The van der Waals surface area contributed by atoms with Crippen LogP contribution in [0.5, 0.6) is 0 Å². The molecule has 1 saturated heterocycles. The van der Waals surface area contributed by atoms with Gasteiger partial charge in [-0.05, 0) is 43.0 Å². The molecule has 0 amide bonds. The molecule has 0 saturated carbocycles. The Morgan fingerprint density at radius 1 is 1.18 bits per heavy atom. The molecule has 0 radical (unpaired) electrons. The van der Waals surface area contributed by atoms with Crippen molar-refractivity contribution in [3.63, 3.8) is 0 Å². The van der Waals surface area contributed by atoms with E-state index in [1.165, 1.54) is 24.3 Å². The number of sulfone groups is 1. The average Bonchev–Trinajstić information content (AvgIpc) is 3.01. The highest BCUT2D eigenvalue weighted by Gasteiger charge is 2.41. The van der Waals surface area contributed by atoms with E-state index in [4.69, 9.17) is 0 Å². The number of piperidine rings is 1. The highest BCUT2D eigenvalue weighted by molar-refractivity contribution is 7.90. The topological polar surface area (TPSA) is 79.0 Å². The normalized spacial score (nSPS) is 16.2. The van der Waals surface area contributed by atoms with Gasteiger partial charge in [0.2, 0.25) is 0 Å². The first-order valence-electron chi connectivity index (χ1n) is 8.68. The third-order valence-electron chi connectivity index (χ3n) is 4.83. The fourth-order valence-corrected chi connectivity index (χ4v) is 3.87. The Hall–Kier alpha value is -2.54. The molecule has 10 heteroatoms. The SMILES string of the molecule is CC1CCN(c2c(C#N)c(C(F)(F)F)nn2-c2ccc(S(C)(=O)=O)cc2)CC1. The van der Waals surface area contributed by atoms with E-state index in [0.29, 0.717) is 19.0 Å². The molecule has 3 rings (SSSR count). The molecular formula is C18H19F3N4O2S. The van der Waals surface area contributed by atoms with E-state index in [2.05, 4.69) is 12.0 Å². The molecule has 1 aromatic carbocycles. The zero-order chi connectivity index (χ0) is 20.7. The number of hydrogen-bond acceptors (Lipinski definition) is 5. The minimum atomic E-state index is -4.78. The second-order valence-corrected chi connectivity index (χ2v) is 9.02. The number of anilines is 1. The fraction of sp³-hybridized carbons (Fsp3) is 0.444. The predicted molar refractivity (Wildman–Crippen MR) is 97.0 cm³/mol. The number of halogens is 3. The van der Waals surface area contributed by atoms with Gasteiger partial charge < -0.3 is 4.90 Å². The number of nitrogens with zero attached hydrogens (tertiary/aromatic N) is 4. The number of aromatic nitrogens is 2. The van der Waals surface area contributed by atoms with Crippen LogP contribution in [0, 0.1) is 17.2 Å². The van der Waals surface area contributed by atoms with Gasteiger partial charge in [0.15, 0.2) is 21.3 Å². The van der Waals surface area contributed by atoms with Crippen molar-refractivity contribution in [2.24, 2.45) is 5.92 Å². The maximum Gasteiger partial charge on any atom is 0.436 e. The largest absolute Gasteiger partial charge is 0.436 e. The van der Waals surface area contributed by atoms with E-state index in [1.807, 2.05) is 0 Å². The van der Waals surface area contributed by atoms with Gasteiger partial charge in [-0.2, -0.15) is 23.5 Å². The molecule has 6 nitrogen and oxygen atoms in total. The van der Waals surface area contributed by atoms with Gasteiger partial charge in [-0.3, -0.25) is 0 Å². The molecule has 2 aromatic rings. The summed E-state index contributed by atoms with van der Waals surface area (Å²) in [5.74, 6) is 0.545. The van der Waals surface area contributed by atoms with Crippen LogP contribution in [-0.2, 0) is 16.0 Å². The lowest BCUT2D eigenvalue weighted by Gasteiger charge is -2.32. The molecule has 1 fully saturated rings. The minimum absolute atomic E-state index is 0.0494. The summed E-state index contributed by atoms with van der Waals surface area (Å²) in [5, 5.41) is 13.1.